The van der Waals surface area contributed by atoms with Gasteiger partial charge in [-0.3, -0.25) is 4.79 Å². The van der Waals surface area contributed by atoms with Crippen LogP contribution in [-0.2, 0) is 11.2 Å². The maximum absolute atomic E-state index is 11.9. The van der Waals surface area contributed by atoms with Gasteiger partial charge in [0.25, 0.3) is 0 Å². The minimum atomic E-state index is -4.83. The number of ketones is 1. The summed E-state index contributed by atoms with van der Waals surface area (Å²) in [5, 5.41) is 0. The van der Waals surface area contributed by atoms with E-state index in [0.29, 0.717) is 6.42 Å². The summed E-state index contributed by atoms with van der Waals surface area (Å²) >= 11 is 0. The second-order valence-electron chi connectivity index (χ2n) is 3.77. The monoisotopic (exact) mass is 268 g/mol. The molecule has 0 spiro atoms. The van der Waals surface area contributed by atoms with Crippen LogP contribution in [0.4, 0.5) is 12.9 Å². The fourth-order valence-electron chi connectivity index (χ4n) is 1.38. The Bertz CT molecular complexity index is 340. The topological polar surface area (TPSA) is 17.1 Å². The number of carbonyl (C=O) groups is 1. The number of benzene rings is 1. The Hall–Kier alpha value is 0.381. The van der Waals surface area contributed by atoms with Crippen LogP contribution < -0.4 is 51.4 Å². The molecule has 0 radical (unpaired) electrons. The molecule has 0 saturated heterocycles. The molecule has 1 nitrogen and oxygen atoms in total. The Morgan fingerprint density at radius 1 is 1.06 bits per heavy atom. The molecule has 1 rings (SSSR count). The average molecular weight is 268 g/mol. The second-order valence-corrected chi connectivity index (χ2v) is 3.77. The zero-order chi connectivity index (χ0) is 12.0. The normalized spacial score (nSPS) is 10.8. The molecule has 0 aromatic heterocycles. The maximum atomic E-state index is 11.9. The molecule has 0 atom stereocenters. The number of rotatable bonds is 6. The van der Waals surface area contributed by atoms with Gasteiger partial charge in [0, 0.05) is 6.42 Å². The van der Waals surface area contributed by atoms with Crippen molar-refractivity contribution in [3.8, 4) is 0 Å². The molecule has 0 aliphatic carbocycles. The van der Waals surface area contributed by atoms with Gasteiger partial charge in [-0.1, -0.05) is 36.7 Å². The number of hydrogen-bond acceptors (Lipinski definition) is 1. The summed E-state index contributed by atoms with van der Waals surface area (Å²) in [6.07, 6.45) is -0.620. The van der Waals surface area contributed by atoms with Crippen LogP contribution in [0.3, 0.4) is 0 Å². The fourth-order valence-corrected chi connectivity index (χ4v) is 1.38. The smallest absolute Gasteiger partial charge is 0.449 e. The standard InChI is InChI=1S/C11H13BF3O.K/c13-12(14,15)9-8-11(16)7-6-10-4-2-1-3-5-10;/h1-5H,6-9H2;/q-1;+1. The minimum absolute atomic E-state index is 0. The summed E-state index contributed by atoms with van der Waals surface area (Å²) in [5.41, 5.74) is 0.980. The third-order valence-corrected chi connectivity index (χ3v) is 2.29. The van der Waals surface area contributed by atoms with E-state index in [-0.39, 0.29) is 70.0 Å². The van der Waals surface area contributed by atoms with Crippen molar-refractivity contribution in [3.63, 3.8) is 0 Å². The van der Waals surface area contributed by atoms with Crippen LogP contribution in [0.15, 0.2) is 30.3 Å². The van der Waals surface area contributed by atoms with E-state index in [1.807, 2.05) is 30.3 Å². The third-order valence-electron chi connectivity index (χ3n) is 2.29. The van der Waals surface area contributed by atoms with E-state index < -0.39 is 13.3 Å². The van der Waals surface area contributed by atoms with Crippen molar-refractivity contribution in [3.05, 3.63) is 35.9 Å². The molecule has 0 fully saturated rings. The molecule has 0 amide bonds. The maximum Gasteiger partial charge on any atom is 1.00 e. The molecular formula is C11H13BF3KO. The zero-order valence-electron chi connectivity index (χ0n) is 9.83. The third kappa shape index (κ3) is 9.02. The van der Waals surface area contributed by atoms with Crippen LogP contribution in [-0.4, -0.2) is 12.8 Å². The summed E-state index contributed by atoms with van der Waals surface area (Å²) in [5.74, 6) is -0.317. The van der Waals surface area contributed by atoms with Crippen LogP contribution in [0.5, 0.6) is 0 Å². The van der Waals surface area contributed by atoms with Crippen LogP contribution >= 0.6 is 0 Å². The van der Waals surface area contributed by atoms with Crippen molar-refractivity contribution in [1.29, 1.82) is 0 Å². The number of Topliss-reactive ketones (excluding diaryl/α,β-unsaturated/α-hetero) is 1. The Morgan fingerprint density at radius 2 is 1.65 bits per heavy atom. The van der Waals surface area contributed by atoms with Crippen molar-refractivity contribution < 1.29 is 69.1 Å². The molecule has 0 saturated carbocycles. The van der Waals surface area contributed by atoms with Gasteiger partial charge in [0.1, 0.15) is 5.78 Å². The number of hydrogen-bond donors (Lipinski definition) is 0. The molecule has 0 unspecified atom stereocenters. The van der Waals surface area contributed by atoms with Crippen molar-refractivity contribution in [2.24, 2.45) is 0 Å². The molecule has 0 bridgehead atoms. The molecule has 0 heterocycles. The van der Waals surface area contributed by atoms with Crippen molar-refractivity contribution in [1.82, 2.24) is 0 Å². The van der Waals surface area contributed by atoms with Crippen LogP contribution in [0.25, 0.3) is 0 Å². The van der Waals surface area contributed by atoms with Crippen molar-refractivity contribution >= 4 is 12.8 Å². The molecule has 1 aromatic carbocycles. The van der Waals surface area contributed by atoms with E-state index in [1.165, 1.54) is 0 Å². The van der Waals surface area contributed by atoms with Crippen molar-refractivity contribution in [2.75, 3.05) is 0 Å². The second kappa shape index (κ2) is 8.48. The van der Waals surface area contributed by atoms with Gasteiger partial charge in [-0.25, -0.2) is 0 Å². The molecule has 1 aromatic rings. The Kier molecular flexibility index (Phi) is 8.67. The Labute approximate surface area is 142 Å². The van der Waals surface area contributed by atoms with Gasteiger partial charge in [0.15, 0.2) is 0 Å². The Morgan fingerprint density at radius 3 is 2.18 bits per heavy atom. The predicted octanol–water partition coefficient (Wildman–Crippen LogP) is 0.430. The number of carbonyl (C=O) groups excluding carboxylic acids is 1. The van der Waals surface area contributed by atoms with Crippen LogP contribution in [0.2, 0.25) is 6.32 Å². The van der Waals surface area contributed by atoms with Gasteiger partial charge in [0.2, 0.25) is 0 Å². The van der Waals surface area contributed by atoms with Gasteiger partial charge >= 0.3 is 58.4 Å². The first-order chi connectivity index (χ1) is 7.47. The fraction of sp³-hybridized carbons (Fsp3) is 0.364. The van der Waals surface area contributed by atoms with E-state index in [4.69, 9.17) is 0 Å². The van der Waals surface area contributed by atoms with Gasteiger partial charge in [-0.15, -0.1) is 0 Å². The van der Waals surface area contributed by atoms with Crippen LogP contribution in [0.1, 0.15) is 18.4 Å². The summed E-state index contributed by atoms with van der Waals surface area (Å²) < 4.78 is 35.7. The molecule has 88 valence electrons. The summed E-state index contributed by atoms with van der Waals surface area (Å²) in [7, 11) is 0. The zero-order valence-corrected chi connectivity index (χ0v) is 13.0. The number of aryl methyl sites for hydroxylation is 1. The minimum Gasteiger partial charge on any atom is -0.449 e. The van der Waals surface area contributed by atoms with Gasteiger partial charge in [-0.2, -0.15) is 0 Å². The van der Waals surface area contributed by atoms with E-state index in [0.717, 1.165) is 5.56 Å². The van der Waals surface area contributed by atoms with E-state index >= 15 is 0 Å². The van der Waals surface area contributed by atoms with Gasteiger partial charge in [0.05, 0.1) is 0 Å². The van der Waals surface area contributed by atoms with Crippen molar-refractivity contribution in [2.45, 2.75) is 25.6 Å². The molecule has 17 heavy (non-hydrogen) atoms. The quantitative estimate of drug-likeness (QED) is 0.684. The predicted molar refractivity (Wildman–Crippen MR) is 58.3 cm³/mol. The van der Waals surface area contributed by atoms with E-state index in [9.17, 15) is 17.7 Å². The molecule has 0 aliphatic heterocycles. The summed E-state index contributed by atoms with van der Waals surface area (Å²) in [6, 6.07) is 9.27. The van der Waals surface area contributed by atoms with E-state index in [2.05, 4.69) is 0 Å². The van der Waals surface area contributed by atoms with E-state index in [1.54, 1.807) is 0 Å². The molecule has 6 heteroatoms. The largest absolute Gasteiger partial charge is 1.00 e. The average Bonchev–Trinajstić information content (AvgIpc) is 2.24. The molecule has 0 N–H and O–H groups in total. The molecular weight excluding hydrogens is 255 g/mol. The summed E-state index contributed by atoms with van der Waals surface area (Å²) in [6.45, 7) is -4.83. The van der Waals surface area contributed by atoms with Gasteiger partial charge < -0.3 is 12.9 Å². The first-order valence-corrected chi connectivity index (χ1v) is 5.24. The first kappa shape index (κ1) is 17.4. The summed E-state index contributed by atoms with van der Waals surface area (Å²) in [4.78, 5) is 11.2. The van der Waals surface area contributed by atoms with Gasteiger partial charge in [-0.05, 0) is 18.4 Å². The molecule has 0 aliphatic rings. The van der Waals surface area contributed by atoms with Crippen LogP contribution in [0, 0.1) is 0 Å². The Balaban J connectivity index is 0.00000256. The number of halogens is 3. The SMILES string of the molecule is O=C(CCc1ccccc1)CC[B-](F)(F)F.[K+]. The first-order valence-electron chi connectivity index (χ1n) is 5.24.